The minimum absolute atomic E-state index is 0.444. The van der Waals surface area contributed by atoms with Gasteiger partial charge in [-0.25, -0.2) is 0 Å². The second-order valence-corrected chi connectivity index (χ2v) is 5.01. The molecule has 0 bridgehead atoms. The van der Waals surface area contributed by atoms with Gasteiger partial charge in [0, 0.05) is 0 Å². The maximum Gasteiger partial charge on any atom is 0.310 e. The summed E-state index contributed by atoms with van der Waals surface area (Å²) >= 11 is 0. The highest BCUT2D eigenvalue weighted by atomic mass is 16.5. The number of ether oxygens (including phenoxy) is 1. The van der Waals surface area contributed by atoms with Crippen LogP contribution in [0, 0.1) is 0 Å². The second-order valence-electron chi connectivity index (χ2n) is 5.01. The average Bonchev–Trinajstić information content (AvgIpc) is 2.52. The predicted octanol–water partition coefficient (Wildman–Crippen LogP) is 3.89. The molecular formula is C18H20O3. The zero-order valence-corrected chi connectivity index (χ0v) is 12.2. The van der Waals surface area contributed by atoms with E-state index in [-0.39, 0.29) is 0 Å². The first-order valence-electron chi connectivity index (χ1n) is 7.12. The van der Waals surface area contributed by atoms with Crippen molar-refractivity contribution >= 4 is 5.97 Å². The van der Waals surface area contributed by atoms with Crippen molar-refractivity contribution in [1.29, 1.82) is 0 Å². The summed E-state index contributed by atoms with van der Waals surface area (Å²) in [6.07, 6.45) is 2.25. The summed E-state index contributed by atoms with van der Waals surface area (Å²) in [7, 11) is 1.66. The Morgan fingerprint density at radius 1 is 1.10 bits per heavy atom. The zero-order valence-electron chi connectivity index (χ0n) is 12.2. The number of aryl methyl sites for hydroxylation is 1. The fourth-order valence-electron chi connectivity index (χ4n) is 2.52. The number of carboxylic acids is 1. The third-order valence-corrected chi connectivity index (χ3v) is 3.63. The first-order valence-corrected chi connectivity index (χ1v) is 7.12. The van der Waals surface area contributed by atoms with Gasteiger partial charge in [0.1, 0.15) is 5.75 Å². The lowest BCUT2D eigenvalue weighted by Gasteiger charge is -2.13. The fourth-order valence-corrected chi connectivity index (χ4v) is 2.52. The molecule has 0 radical (unpaired) electrons. The lowest BCUT2D eigenvalue weighted by molar-refractivity contribution is -0.139. The Balaban J connectivity index is 1.99. The number of benzene rings is 2. The molecule has 1 unspecified atom stereocenters. The first-order chi connectivity index (χ1) is 10.2. The maximum absolute atomic E-state index is 11.4. The molecule has 0 saturated carbocycles. The van der Waals surface area contributed by atoms with E-state index in [4.69, 9.17) is 4.74 Å². The van der Waals surface area contributed by atoms with Crippen LogP contribution in [0.1, 0.15) is 29.9 Å². The van der Waals surface area contributed by atoms with Crippen molar-refractivity contribution in [2.24, 2.45) is 0 Å². The molecular weight excluding hydrogens is 264 g/mol. The molecule has 0 spiro atoms. The van der Waals surface area contributed by atoms with Gasteiger partial charge in [-0.05, 0) is 36.5 Å². The molecule has 0 aliphatic carbocycles. The molecule has 2 rings (SSSR count). The highest BCUT2D eigenvalue weighted by Crippen LogP contribution is 2.25. The molecule has 0 amide bonds. The van der Waals surface area contributed by atoms with Gasteiger partial charge >= 0.3 is 5.97 Å². The molecule has 0 aromatic heterocycles. The molecule has 21 heavy (non-hydrogen) atoms. The van der Waals surface area contributed by atoms with E-state index >= 15 is 0 Å². The van der Waals surface area contributed by atoms with Crippen LogP contribution < -0.4 is 4.74 Å². The summed E-state index contributed by atoms with van der Waals surface area (Å²) in [6.45, 7) is 0. The maximum atomic E-state index is 11.4. The van der Waals surface area contributed by atoms with E-state index in [2.05, 4.69) is 0 Å². The lowest BCUT2D eigenvalue weighted by atomic mass is 9.92. The van der Waals surface area contributed by atoms with Crippen LogP contribution in [0.2, 0.25) is 0 Å². The Bertz CT molecular complexity index is 578. The topological polar surface area (TPSA) is 46.5 Å². The van der Waals surface area contributed by atoms with Crippen LogP contribution in [0.25, 0.3) is 0 Å². The number of aliphatic carboxylic acids is 1. The van der Waals surface area contributed by atoms with Crippen molar-refractivity contribution in [3.63, 3.8) is 0 Å². The number of methoxy groups -OCH3 is 1. The number of para-hydroxylation sites is 1. The third kappa shape index (κ3) is 4.09. The number of hydrogen-bond acceptors (Lipinski definition) is 2. The standard InChI is InChI=1S/C18H20O3/c1-21-17-13-6-5-10-15(17)11-7-12-16(18(19)20)14-8-3-2-4-9-14/h2-6,8-10,13,16H,7,11-12H2,1H3,(H,19,20). The molecule has 1 atom stereocenters. The predicted molar refractivity (Wildman–Crippen MR) is 82.8 cm³/mol. The number of rotatable bonds is 7. The minimum Gasteiger partial charge on any atom is -0.496 e. The normalized spacial score (nSPS) is 11.9. The quantitative estimate of drug-likeness (QED) is 0.839. The summed E-state index contributed by atoms with van der Waals surface area (Å²) in [6, 6.07) is 17.3. The second kappa shape index (κ2) is 7.48. The Morgan fingerprint density at radius 3 is 2.43 bits per heavy atom. The summed E-state index contributed by atoms with van der Waals surface area (Å²) in [4.78, 5) is 11.4. The summed E-state index contributed by atoms with van der Waals surface area (Å²) in [5.41, 5.74) is 1.99. The SMILES string of the molecule is COc1ccccc1CCCC(C(=O)O)c1ccccc1. The molecule has 0 heterocycles. The zero-order chi connectivity index (χ0) is 15.1. The Kier molecular flexibility index (Phi) is 5.38. The van der Waals surface area contributed by atoms with Gasteiger partial charge in [-0.2, -0.15) is 0 Å². The van der Waals surface area contributed by atoms with E-state index in [1.807, 2.05) is 54.6 Å². The molecule has 110 valence electrons. The largest absolute Gasteiger partial charge is 0.496 e. The van der Waals surface area contributed by atoms with Gasteiger partial charge in [-0.1, -0.05) is 48.5 Å². The Morgan fingerprint density at radius 2 is 1.76 bits per heavy atom. The van der Waals surface area contributed by atoms with Crippen LogP contribution in [-0.4, -0.2) is 18.2 Å². The van der Waals surface area contributed by atoms with Crippen LogP contribution in [0.4, 0.5) is 0 Å². The molecule has 0 saturated heterocycles. The van der Waals surface area contributed by atoms with E-state index in [0.29, 0.717) is 6.42 Å². The highest BCUT2D eigenvalue weighted by molar-refractivity contribution is 5.75. The Labute approximate surface area is 125 Å². The average molecular weight is 284 g/mol. The summed E-state index contributed by atoms with van der Waals surface area (Å²) in [5.74, 6) is -0.341. The van der Waals surface area contributed by atoms with Gasteiger partial charge in [0.15, 0.2) is 0 Å². The number of carboxylic acid groups (broad SMARTS) is 1. The van der Waals surface area contributed by atoms with Crippen molar-refractivity contribution in [3.8, 4) is 5.75 Å². The monoisotopic (exact) mass is 284 g/mol. The van der Waals surface area contributed by atoms with Crippen LogP contribution in [0.5, 0.6) is 5.75 Å². The van der Waals surface area contributed by atoms with E-state index in [9.17, 15) is 9.90 Å². The minimum atomic E-state index is -0.763. The molecule has 3 heteroatoms. The summed E-state index contributed by atoms with van der Waals surface area (Å²) in [5, 5.41) is 9.40. The molecule has 2 aromatic carbocycles. The molecule has 0 aliphatic heterocycles. The van der Waals surface area contributed by atoms with Crippen LogP contribution in [-0.2, 0) is 11.2 Å². The van der Waals surface area contributed by atoms with Crippen molar-refractivity contribution < 1.29 is 14.6 Å². The molecule has 1 N–H and O–H groups in total. The van der Waals surface area contributed by atoms with Crippen LogP contribution >= 0.6 is 0 Å². The Hall–Kier alpha value is -2.29. The van der Waals surface area contributed by atoms with Crippen LogP contribution in [0.15, 0.2) is 54.6 Å². The molecule has 3 nitrogen and oxygen atoms in total. The van der Waals surface area contributed by atoms with Crippen molar-refractivity contribution in [3.05, 3.63) is 65.7 Å². The van der Waals surface area contributed by atoms with Gasteiger partial charge in [-0.3, -0.25) is 4.79 Å². The third-order valence-electron chi connectivity index (χ3n) is 3.63. The highest BCUT2D eigenvalue weighted by Gasteiger charge is 2.19. The van der Waals surface area contributed by atoms with Crippen molar-refractivity contribution in [2.75, 3.05) is 7.11 Å². The molecule has 0 fully saturated rings. The number of hydrogen-bond donors (Lipinski definition) is 1. The molecule has 2 aromatic rings. The van der Waals surface area contributed by atoms with Crippen molar-refractivity contribution in [2.45, 2.75) is 25.2 Å². The van der Waals surface area contributed by atoms with Gasteiger partial charge in [-0.15, -0.1) is 0 Å². The van der Waals surface area contributed by atoms with E-state index in [0.717, 1.165) is 29.7 Å². The fraction of sp³-hybridized carbons (Fsp3) is 0.278. The van der Waals surface area contributed by atoms with E-state index < -0.39 is 11.9 Å². The van der Waals surface area contributed by atoms with Gasteiger partial charge in [0.25, 0.3) is 0 Å². The smallest absolute Gasteiger partial charge is 0.310 e. The molecule has 0 aliphatic rings. The van der Waals surface area contributed by atoms with Gasteiger partial charge < -0.3 is 9.84 Å². The van der Waals surface area contributed by atoms with E-state index in [1.165, 1.54) is 0 Å². The first kappa shape index (κ1) is 15.1. The summed E-state index contributed by atoms with van der Waals surface area (Å²) < 4.78 is 5.32. The van der Waals surface area contributed by atoms with Crippen LogP contribution in [0.3, 0.4) is 0 Å². The van der Waals surface area contributed by atoms with E-state index in [1.54, 1.807) is 7.11 Å². The number of carbonyl (C=O) groups is 1. The van der Waals surface area contributed by atoms with Gasteiger partial charge in [0.05, 0.1) is 13.0 Å². The van der Waals surface area contributed by atoms with Gasteiger partial charge in [0.2, 0.25) is 0 Å². The van der Waals surface area contributed by atoms with Crippen molar-refractivity contribution in [1.82, 2.24) is 0 Å². The lowest BCUT2D eigenvalue weighted by Crippen LogP contribution is -2.12.